The first-order valence-electron chi connectivity index (χ1n) is 14.4. The topological polar surface area (TPSA) is 380 Å². The summed E-state index contributed by atoms with van der Waals surface area (Å²) < 4.78 is 167. The van der Waals surface area contributed by atoms with Crippen LogP contribution in [0.25, 0.3) is 10.8 Å². The van der Waals surface area contributed by atoms with Crippen molar-refractivity contribution in [1.82, 2.24) is 15.0 Å². The first kappa shape index (κ1) is 57.0. The van der Waals surface area contributed by atoms with Crippen LogP contribution in [0.5, 0.6) is 5.75 Å². The predicted octanol–water partition coefficient (Wildman–Crippen LogP) is -10.0. The van der Waals surface area contributed by atoms with Gasteiger partial charge in [0.05, 0.1) is 43.3 Å². The van der Waals surface area contributed by atoms with Crippen LogP contribution < -0.4 is 134 Å². The number of hydrogen-bond acceptors (Lipinski definition) is 22. The molecule has 0 amide bonds. The molecule has 60 heavy (non-hydrogen) atoms. The Morgan fingerprint density at radius 2 is 1.27 bits per heavy atom. The van der Waals surface area contributed by atoms with E-state index in [2.05, 4.69) is 40.0 Å². The van der Waals surface area contributed by atoms with Gasteiger partial charge < -0.3 is 29.4 Å². The molecule has 5 rings (SSSR count). The van der Waals surface area contributed by atoms with E-state index in [1.807, 2.05) is 0 Å². The standard InChI is InChI=1S/C27H22ClN7O16S5.4Na/c28-25-31-26(29-15-4-6-17(7-5-15)53(39,40)41)33-27(32-25)30-20-13-19(54(42,43)44)10-14-11-21(55(45,46)47)23(24(36)22(14)20)35-34-16-2-1-3-18(12-16)52(37,38)9-8-51-56(48,49)50;;;;/h1-7,10-13,36H,8-9H2,(H,39,40,41)(H,42,43,44)(H,45,46,47)(H,48,49,50)(H2,29,30,31,32,33);;;;/q;4*+1/p-4. The van der Waals surface area contributed by atoms with Gasteiger partial charge in [0.15, 0.2) is 9.84 Å². The molecular weight excluding hydrogens is 966 g/mol. The van der Waals surface area contributed by atoms with Gasteiger partial charge in [-0.1, -0.05) is 11.8 Å². The molecule has 1 aromatic heterocycles. The van der Waals surface area contributed by atoms with Crippen molar-refractivity contribution in [2.45, 2.75) is 19.6 Å². The van der Waals surface area contributed by atoms with E-state index in [0.717, 1.165) is 36.4 Å². The molecule has 0 saturated carbocycles. The molecule has 33 heteroatoms. The van der Waals surface area contributed by atoms with E-state index >= 15 is 0 Å². The van der Waals surface area contributed by atoms with E-state index in [1.54, 1.807) is 0 Å². The number of rotatable bonds is 14. The number of aromatic nitrogens is 3. The molecule has 0 saturated heterocycles. The van der Waals surface area contributed by atoms with Crippen LogP contribution in [0.4, 0.5) is 34.6 Å². The molecule has 0 unspecified atom stereocenters. The first-order valence-corrected chi connectivity index (χ1v) is 22.0. The van der Waals surface area contributed by atoms with Crippen LogP contribution in [0.15, 0.2) is 96.5 Å². The Bertz CT molecular complexity index is 3010. The number of fused-ring (bicyclic) bond motifs is 1. The van der Waals surface area contributed by atoms with Crippen LogP contribution >= 0.6 is 11.6 Å². The fourth-order valence-corrected chi connectivity index (χ4v) is 7.93. The van der Waals surface area contributed by atoms with E-state index in [0.29, 0.717) is 18.2 Å². The number of nitrogens with one attached hydrogen (secondary N) is 2. The van der Waals surface area contributed by atoms with Gasteiger partial charge in [-0.05, 0) is 83.0 Å². The maximum atomic E-state index is 13.9. The van der Waals surface area contributed by atoms with Crippen LogP contribution in [-0.2, 0) is 54.8 Å². The molecule has 0 aliphatic carbocycles. The van der Waals surface area contributed by atoms with Gasteiger partial charge >= 0.3 is 129 Å². The molecule has 0 radical (unpaired) electrons. The number of sulfone groups is 1. The Morgan fingerprint density at radius 3 is 1.82 bits per heavy atom. The number of hydrogen-bond donors (Lipinski definition) is 3. The molecule has 3 N–H and O–H groups in total. The monoisotopic (exact) mass is 983 g/mol. The summed E-state index contributed by atoms with van der Waals surface area (Å²) >= 11 is 6.02. The van der Waals surface area contributed by atoms with Gasteiger partial charge in [0.2, 0.25) is 17.2 Å². The fraction of sp³-hybridized carbons (Fsp3) is 0.0741. The van der Waals surface area contributed by atoms with Gasteiger partial charge in [0.1, 0.15) is 30.4 Å². The van der Waals surface area contributed by atoms with E-state index in [9.17, 15) is 60.9 Å². The molecule has 0 fully saturated rings. The molecule has 23 nitrogen and oxygen atoms in total. The Hall–Kier alpha value is -1.01. The number of nitrogens with zero attached hydrogens (tertiary/aromatic N) is 5. The number of benzene rings is 4. The van der Waals surface area contributed by atoms with Crippen LogP contribution in [0.1, 0.15) is 0 Å². The Morgan fingerprint density at radius 1 is 0.683 bits per heavy atom. The second-order valence-corrected chi connectivity index (χ2v) is 18.4. The third-order valence-corrected chi connectivity index (χ3v) is 11.8. The summed E-state index contributed by atoms with van der Waals surface area (Å²) in [6.45, 7) is -0.972. The average Bonchev–Trinajstić information content (AvgIpc) is 3.05. The smallest absolute Gasteiger partial charge is 0.870 e. The number of anilines is 4. The van der Waals surface area contributed by atoms with Crippen molar-refractivity contribution < 1.29 is 188 Å². The van der Waals surface area contributed by atoms with Crippen LogP contribution in [0.3, 0.4) is 0 Å². The second-order valence-electron chi connectivity index (χ2n) is 10.8. The zero-order valence-corrected chi connectivity index (χ0v) is 43.8. The second kappa shape index (κ2) is 22.3. The van der Waals surface area contributed by atoms with E-state index in [4.69, 9.17) is 16.2 Å². The van der Waals surface area contributed by atoms with Gasteiger partial charge in [-0.3, -0.25) is 4.55 Å². The fourth-order valence-electron chi connectivity index (χ4n) is 4.60. The molecule has 298 valence electrons. The maximum absolute atomic E-state index is 13.9. The van der Waals surface area contributed by atoms with Crippen molar-refractivity contribution in [3.05, 3.63) is 72.0 Å². The summed E-state index contributed by atoms with van der Waals surface area (Å²) in [6, 6.07) is 10.3. The summed E-state index contributed by atoms with van der Waals surface area (Å²) in [5.74, 6) is -3.20. The zero-order valence-electron chi connectivity index (χ0n) is 31.0. The molecule has 4 aromatic carbocycles. The first-order chi connectivity index (χ1) is 25.8. The number of halogens is 1. The van der Waals surface area contributed by atoms with Gasteiger partial charge in [-0.2, -0.15) is 28.5 Å². The largest absolute Gasteiger partial charge is 1.00 e. The molecule has 0 aliphatic heterocycles. The van der Waals surface area contributed by atoms with Gasteiger partial charge in [0.25, 0.3) is 0 Å². The van der Waals surface area contributed by atoms with Crippen molar-refractivity contribution in [2.24, 2.45) is 10.2 Å². The molecular formula is C27H18ClN7Na4O16S5. The molecule has 5 aromatic rings. The normalized spacial score (nSPS) is 12.1. The van der Waals surface area contributed by atoms with Crippen molar-refractivity contribution in [3.8, 4) is 5.75 Å². The van der Waals surface area contributed by atoms with Crippen LogP contribution in [-0.4, -0.2) is 87.6 Å². The predicted molar refractivity (Wildman–Crippen MR) is 185 cm³/mol. The summed E-state index contributed by atoms with van der Waals surface area (Å²) in [4.78, 5) is 8.26. The summed E-state index contributed by atoms with van der Waals surface area (Å²) in [5, 5.41) is 24.6. The van der Waals surface area contributed by atoms with Gasteiger partial charge in [0, 0.05) is 11.4 Å². The number of azo groups is 1. The third-order valence-electron chi connectivity index (χ3n) is 6.94. The van der Waals surface area contributed by atoms with Crippen molar-refractivity contribution in [1.29, 1.82) is 0 Å². The van der Waals surface area contributed by atoms with Crippen LogP contribution in [0.2, 0.25) is 5.28 Å². The van der Waals surface area contributed by atoms with Crippen molar-refractivity contribution in [3.63, 3.8) is 0 Å². The van der Waals surface area contributed by atoms with Crippen LogP contribution in [0, 0.1) is 0 Å². The molecule has 0 atom stereocenters. The zero-order chi connectivity index (χ0) is 41.4. The van der Waals surface area contributed by atoms with Gasteiger partial charge in [-0.25, -0.2) is 37.9 Å². The molecule has 0 spiro atoms. The Labute approximate surface area is 434 Å². The Balaban J connectivity index is 0.00000450. The Kier molecular flexibility index (Phi) is 21.1. The van der Waals surface area contributed by atoms with E-state index in [1.165, 1.54) is 12.1 Å². The van der Waals surface area contributed by atoms with E-state index in [-0.39, 0.29) is 136 Å². The van der Waals surface area contributed by atoms with Crippen molar-refractivity contribution >= 4 is 108 Å². The average molecular weight is 984 g/mol. The minimum Gasteiger partial charge on any atom is -0.870 e. The summed E-state index contributed by atoms with van der Waals surface area (Å²) in [5.41, 5.74) is -1.94. The minimum absolute atomic E-state index is 0. The molecule has 1 heterocycles. The van der Waals surface area contributed by atoms with Crippen molar-refractivity contribution in [2.75, 3.05) is 23.0 Å². The maximum Gasteiger partial charge on any atom is 1.00 e. The van der Waals surface area contributed by atoms with E-state index < -0.39 is 122 Å². The quantitative estimate of drug-likeness (QED) is 0.0528. The summed E-state index contributed by atoms with van der Waals surface area (Å²) in [6.07, 6.45) is 0. The summed E-state index contributed by atoms with van der Waals surface area (Å²) in [7, 11) is -25.0. The third kappa shape index (κ3) is 15.3. The molecule has 0 aliphatic rings. The molecule has 0 bridgehead atoms. The SMILES string of the molecule is O=S(=O)(O)OCCS(=O)(=O)c1cccc(N=Nc2c(S(=O)(=O)[O-])cc3cc(S(=O)(=O)[O-])cc(Nc4nc(Cl)nc(Nc5ccc(S(=O)(=O)[O-])cc5)n4)c3c2[O-])c1.[Na+].[Na+].[Na+].[Na+]. The minimum atomic E-state index is -5.62. The van der Waals surface area contributed by atoms with Gasteiger partial charge in [-0.15, -0.1) is 5.11 Å².